The molecule has 0 amide bonds. The highest BCUT2D eigenvalue weighted by atomic mass is 16.3. The van der Waals surface area contributed by atoms with Crippen LogP contribution in [0, 0.1) is 34.0 Å². The molecule has 7 atom stereocenters. The first-order valence-corrected chi connectivity index (χ1v) is 9.14. The Morgan fingerprint density at radius 2 is 1.96 bits per heavy atom. The largest absolute Gasteiger partial charge is 0.396 e. The van der Waals surface area contributed by atoms with Crippen molar-refractivity contribution in [2.24, 2.45) is 34.0 Å². The molecule has 3 heteroatoms. The molecule has 0 heterocycles. The first-order chi connectivity index (χ1) is 10.7. The van der Waals surface area contributed by atoms with E-state index in [-0.39, 0.29) is 40.6 Å². The van der Waals surface area contributed by atoms with E-state index in [4.69, 9.17) is 0 Å². The molecular weight excluding hydrogens is 288 g/mol. The van der Waals surface area contributed by atoms with E-state index in [0.29, 0.717) is 18.6 Å². The first-order valence-electron chi connectivity index (χ1n) is 9.14. The molecule has 3 aliphatic rings. The van der Waals surface area contributed by atoms with Crippen molar-refractivity contribution >= 4 is 5.78 Å². The van der Waals surface area contributed by atoms with Crippen LogP contribution in [0.3, 0.4) is 0 Å². The Balaban J connectivity index is 2.01. The van der Waals surface area contributed by atoms with Crippen molar-refractivity contribution in [2.45, 2.75) is 65.4 Å². The van der Waals surface area contributed by atoms with Crippen molar-refractivity contribution in [3.05, 3.63) is 12.7 Å². The van der Waals surface area contributed by atoms with Gasteiger partial charge >= 0.3 is 0 Å². The molecule has 3 aliphatic carbocycles. The van der Waals surface area contributed by atoms with Crippen LogP contribution in [0.2, 0.25) is 0 Å². The average Bonchev–Trinajstić information content (AvgIpc) is 2.49. The fraction of sp³-hybridized carbons (Fsp3) is 0.850. The standard InChI is InChI=1S/C20H32O3/c1-5-18(2)10-13-14(22)9-16-19(3,12-21)7-6-8-20(16,4)17(13)15(23)11-18/h5,13,15-17,21,23H,1,6-12H2,2-4H3/t13-,15-,16-,17-,18+,19-,20-/m1/s1. The topological polar surface area (TPSA) is 57.5 Å². The summed E-state index contributed by atoms with van der Waals surface area (Å²) in [6, 6.07) is 0. The quantitative estimate of drug-likeness (QED) is 0.767. The summed E-state index contributed by atoms with van der Waals surface area (Å²) >= 11 is 0. The number of carbonyl (C=O) groups is 1. The summed E-state index contributed by atoms with van der Waals surface area (Å²) in [6.45, 7) is 10.6. The smallest absolute Gasteiger partial charge is 0.136 e. The van der Waals surface area contributed by atoms with E-state index in [9.17, 15) is 15.0 Å². The van der Waals surface area contributed by atoms with Gasteiger partial charge in [0, 0.05) is 24.9 Å². The van der Waals surface area contributed by atoms with E-state index in [1.54, 1.807) is 0 Å². The number of aliphatic hydroxyl groups excluding tert-OH is 2. The molecule has 23 heavy (non-hydrogen) atoms. The lowest BCUT2D eigenvalue weighted by atomic mass is 9.42. The third-order valence-electron chi connectivity index (χ3n) is 7.74. The van der Waals surface area contributed by atoms with Crippen LogP contribution in [0.4, 0.5) is 0 Å². The minimum Gasteiger partial charge on any atom is -0.396 e. The highest BCUT2D eigenvalue weighted by molar-refractivity contribution is 5.83. The van der Waals surface area contributed by atoms with E-state index >= 15 is 0 Å². The van der Waals surface area contributed by atoms with Gasteiger partial charge in [0.1, 0.15) is 5.78 Å². The van der Waals surface area contributed by atoms with Crippen LogP contribution in [0.15, 0.2) is 12.7 Å². The molecule has 0 aromatic heterocycles. The molecule has 3 rings (SSSR count). The molecule has 0 spiro atoms. The van der Waals surface area contributed by atoms with Gasteiger partial charge in [-0.25, -0.2) is 0 Å². The maximum Gasteiger partial charge on any atom is 0.136 e. The van der Waals surface area contributed by atoms with Crippen LogP contribution >= 0.6 is 0 Å². The molecule has 3 saturated carbocycles. The van der Waals surface area contributed by atoms with Gasteiger partial charge in [-0.2, -0.15) is 0 Å². The maximum atomic E-state index is 13.0. The highest BCUT2D eigenvalue weighted by Gasteiger charge is 2.62. The molecule has 130 valence electrons. The number of Topliss-reactive ketones (excluding diaryl/α,β-unsaturated/α-hetero) is 1. The van der Waals surface area contributed by atoms with E-state index in [1.807, 2.05) is 6.08 Å². The molecule has 0 saturated heterocycles. The second-order valence-electron chi connectivity index (χ2n) is 9.36. The van der Waals surface area contributed by atoms with E-state index in [0.717, 1.165) is 25.7 Å². The number of allylic oxidation sites excluding steroid dienone is 1. The van der Waals surface area contributed by atoms with E-state index in [1.165, 1.54) is 0 Å². The summed E-state index contributed by atoms with van der Waals surface area (Å²) in [6.07, 6.45) is 6.67. The lowest BCUT2D eigenvalue weighted by molar-refractivity contribution is -0.182. The van der Waals surface area contributed by atoms with Crippen LogP contribution in [0.5, 0.6) is 0 Å². The lowest BCUT2D eigenvalue weighted by Gasteiger charge is -2.62. The zero-order chi connectivity index (χ0) is 17.0. The number of aliphatic hydroxyl groups is 2. The summed E-state index contributed by atoms with van der Waals surface area (Å²) in [7, 11) is 0. The third-order valence-corrected chi connectivity index (χ3v) is 7.74. The monoisotopic (exact) mass is 320 g/mol. The van der Waals surface area contributed by atoms with Crippen LogP contribution in [0.1, 0.15) is 59.3 Å². The van der Waals surface area contributed by atoms with Crippen molar-refractivity contribution < 1.29 is 15.0 Å². The second-order valence-corrected chi connectivity index (χ2v) is 9.36. The van der Waals surface area contributed by atoms with Crippen molar-refractivity contribution in [1.29, 1.82) is 0 Å². The van der Waals surface area contributed by atoms with Crippen LogP contribution in [-0.4, -0.2) is 28.7 Å². The Morgan fingerprint density at radius 1 is 1.26 bits per heavy atom. The summed E-state index contributed by atoms with van der Waals surface area (Å²) in [4.78, 5) is 13.0. The molecule has 3 nitrogen and oxygen atoms in total. The Kier molecular flexibility index (Phi) is 4.04. The number of rotatable bonds is 2. The molecule has 0 bridgehead atoms. The summed E-state index contributed by atoms with van der Waals surface area (Å²) in [5.74, 6) is 0.466. The summed E-state index contributed by atoms with van der Waals surface area (Å²) in [5, 5.41) is 21.0. The van der Waals surface area contributed by atoms with Crippen molar-refractivity contribution in [2.75, 3.05) is 6.61 Å². The SMILES string of the molecule is C=C[C@]1(C)C[C@@H](O)[C@H]2[C@H](C1)C(=O)C[C@@H]1[C@@](C)(CO)CCC[C@@]21C. The van der Waals surface area contributed by atoms with Crippen LogP contribution < -0.4 is 0 Å². The van der Waals surface area contributed by atoms with Gasteiger partial charge in [0.2, 0.25) is 0 Å². The molecular formula is C20H32O3. The van der Waals surface area contributed by atoms with Crippen molar-refractivity contribution in [1.82, 2.24) is 0 Å². The number of hydrogen-bond donors (Lipinski definition) is 2. The molecule has 0 radical (unpaired) electrons. The van der Waals surface area contributed by atoms with Gasteiger partial charge in [-0.1, -0.05) is 33.3 Å². The number of ketones is 1. The minimum absolute atomic E-state index is 0.0351. The van der Waals surface area contributed by atoms with E-state index in [2.05, 4.69) is 27.4 Å². The molecule has 0 aromatic rings. The molecule has 2 N–H and O–H groups in total. The van der Waals surface area contributed by atoms with Gasteiger partial charge in [-0.15, -0.1) is 6.58 Å². The lowest BCUT2D eigenvalue weighted by Crippen LogP contribution is -2.61. The maximum absolute atomic E-state index is 13.0. The van der Waals surface area contributed by atoms with Gasteiger partial charge in [0.05, 0.1) is 6.10 Å². The van der Waals surface area contributed by atoms with Gasteiger partial charge in [0.25, 0.3) is 0 Å². The fourth-order valence-corrected chi connectivity index (χ4v) is 6.40. The minimum atomic E-state index is -0.449. The van der Waals surface area contributed by atoms with Crippen molar-refractivity contribution in [3.8, 4) is 0 Å². The molecule has 0 aromatic carbocycles. The molecule has 0 aliphatic heterocycles. The fourth-order valence-electron chi connectivity index (χ4n) is 6.40. The average molecular weight is 320 g/mol. The van der Waals surface area contributed by atoms with Crippen LogP contribution in [-0.2, 0) is 4.79 Å². The van der Waals surface area contributed by atoms with Gasteiger partial charge < -0.3 is 10.2 Å². The van der Waals surface area contributed by atoms with Crippen LogP contribution in [0.25, 0.3) is 0 Å². The zero-order valence-electron chi connectivity index (χ0n) is 14.8. The Bertz CT molecular complexity index is 515. The van der Waals surface area contributed by atoms with Gasteiger partial charge in [-0.05, 0) is 47.8 Å². The Hall–Kier alpha value is -0.670. The summed E-state index contributed by atoms with van der Waals surface area (Å²) in [5.41, 5.74) is -0.378. The third kappa shape index (κ3) is 2.42. The first kappa shape index (κ1) is 17.2. The molecule has 3 fully saturated rings. The zero-order valence-corrected chi connectivity index (χ0v) is 14.8. The Morgan fingerprint density at radius 3 is 2.57 bits per heavy atom. The van der Waals surface area contributed by atoms with E-state index < -0.39 is 6.10 Å². The Labute approximate surface area is 140 Å². The highest BCUT2D eigenvalue weighted by Crippen LogP contribution is 2.64. The van der Waals surface area contributed by atoms with Crippen molar-refractivity contribution in [3.63, 3.8) is 0 Å². The number of carbonyl (C=O) groups excluding carboxylic acids is 1. The number of fused-ring (bicyclic) bond motifs is 3. The summed E-state index contributed by atoms with van der Waals surface area (Å²) < 4.78 is 0. The van der Waals surface area contributed by atoms with Gasteiger partial charge in [0.15, 0.2) is 0 Å². The predicted octanol–water partition coefficient (Wildman–Crippen LogP) is 3.34. The normalized spacial score (nSPS) is 53.3. The second kappa shape index (κ2) is 5.42. The predicted molar refractivity (Wildman–Crippen MR) is 90.8 cm³/mol. The number of hydrogen-bond acceptors (Lipinski definition) is 3. The van der Waals surface area contributed by atoms with Gasteiger partial charge in [-0.3, -0.25) is 4.79 Å². The molecule has 0 unspecified atom stereocenters.